The fraction of sp³-hybridized carbons (Fsp3) is 0.424. The number of nitrogens with zero attached hydrogens (tertiary/aromatic N) is 5. The molecule has 48 heavy (non-hydrogen) atoms. The number of nitrogens with one attached hydrogen (secondary N) is 2. The Bertz CT molecular complexity index is 1640. The third-order valence-corrected chi connectivity index (χ3v) is 6.71. The second kappa shape index (κ2) is 16.2. The average molecular weight is 674 g/mol. The minimum Gasteiger partial charge on any atom is -0.494 e. The lowest BCUT2D eigenvalue weighted by atomic mass is 10.2. The highest BCUT2D eigenvalue weighted by atomic mass is 19.4. The smallest absolute Gasteiger partial charge is 0.473 e. The van der Waals surface area contributed by atoms with Gasteiger partial charge in [-0.2, -0.15) is 18.2 Å². The number of alkyl halides is 3. The molecular formula is C33H42F3N7O5. The van der Waals surface area contributed by atoms with Crippen LogP contribution < -0.4 is 15.1 Å². The molecule has 1 aromatic heterocycles. The maximum atomic E-state index is 13.1. The van der Waals surface area contributed by atoms with Gasteiger partial charge >= 0.3 is 18.2 Å². The fourth-order valence-corrected chi connectivity index (χ4v) is 4.23. The lowest BCUT2D eigenvalue weighted by Gasteiger charge is -2.25. The third-order valence-electron chi connectivity index (χ3n) is 6.71. The molecule has 0 aliphatic carbocycles. The maximum Gasteiger partial charge on any atom is 0.473 e. The van der Waals surface area contributed by atoms with Crippen LogP contribution >= 0.6 is 0 Å². The van der Waals surface area contributed by atoms with Crippen molar-refractivity contribution in [3.8, 4) is 11.5 Å². The number of amidine groups is 2. The van der Waals surface area contributed by atoms with Crippen LogP contribution in [0.3, 0.4) is 0 Å². The molecule has 3 rings (SSSR count). The molecule has 0 atom stereocenters. The Kier molecular flexibility index (Phi) is 12.6. The Morgan fingerprint density at radius 1 is 0.771 bits per heavy atom. The Balaban J connectivity index is 1.57. The molecule has 12 nitrogen and oxygen atoms in total. The molecule has 2 amide bonds. The number of ether oxygens (including phenoxy) is 3. The van der Waals surface area contributed by atoms with E-state index in [4.69, 9.17) is 25.0 Å². The molecule has 0 saturated carbocycles. The lowest BCUT2D eigenvalue weighted by Crippen LogP contribution is -2.38. The van der Waals surface area contributed by atoms with Crippen LogP contribution in [0.15, 0.2) is 65.9 Å². The van der Waals surface area contributed by atoms with E-state index in [1.54, 1.807) is 101 Å². The second-order valence-electron chi connectivity index (χ2n) is 12.0. The van der Waals surface area contributed by atoms with E-state index < -0.39 is 23.8 Å². The van der Waals surface area contributed by atoms with Crippen molar-refractivity contribution in [1.82, 2.24) is 18.9 Å². The summed E-state index contributed by atoms with van der Waals surface area (Å²) >= 11 is 0. The summed E-state index contributed by atoms with van der Waals surface area (Å²) in [4.78, 5) is 30.2. The summed E-state index contributed by atoms with van der Waals surface area (Å²) in [5, 5.41) is 16.3. The minimum absolute atomic E-state index is 0.0515. The zero-order chi connectivity index (χ0) is 35.6. The van der Waals surface area contributed by atoms with Crippen molar-refractivity contribution in [1.29, 1.82) is 10.8 Å². The zero-order valence-electron chi connectivity index (χ0n) is 27.9. The van der Waals surface area contributed by atoms with E-state index in [-0.39, 0.29) is 37.8 Å². The van der Waals surface area contributed by atoms with Gasteiger partial charge in [-0.05, 0) is 82.1 Å². The summed E-state index contributed by atoms with van der Waals surface area (Å²) in [5.41, 5.74) is 0.365. The van der Waals surface area contributed by atoms with Gasteiger partial charge < -0.3 is 28.2 Å². The molecule has 0 unspecified atom stereocenters. The zero-order valence-corrected chi connectivity index (χ0v) is 27.9. The molecule has 0 fully saturated rings. The number of halogens is 3. The summed E-state index contributed by atoms with van der Waals surface area (Å²) in [5.74, 6) is -0.807. The molecule has 0 aliphatic heterocycles. The SMILES string of the molecule is CN(C)C(=N)c1ccc(OCCCn2ccn(CCCOc3ccc(C(=N)N(C)C(=O)OC(C)(C)C)cc3)c2=NC(=O)C(F)(F)F)cc1. The number of hydrogen-bond donors (Lipinski definition) is 2. The summed E-state index contributed by atoms with van der Waals surface area (Å²) in [7, 11) is 5.01. The van der Waals surface area contributed by atoms with Gasteiger partial charge in [-0.3, -0.25) is 20.5 Å². The highest BCUT2D eigenvalue weighted by Gasteiger charge is 2.38. The van der Waals surface area contributed by atoms with Crippen LogP contribution in [-0.2, 0) is 22.6 Å². The van der Waals surface area contributed by atoms with Crippen molar-refractivity contribution in [2.45, 2.75) is 58.5 Å². The van der Waals surface area contributed by atoms with Crippen molar-refractivity contribution in [3.63, 3.8) is 0 Å². The molecule has 260 valence electrons. The second-order valence-corrected chi connectivity index (χ2v) is 12.0. The van der Waals surface area contributed by atoms with Gasteiger partial charge in [0.15, 0.2) is 0 Å². The predicted molar refractivity (Wildman–Crippen MR) is 173 cm³/mol. The summed E-state index contributed by atoms with van der Waals surface area (Å²) in [6, 6.07) is 13.6. The standard InChI is InChI=1S/C33H42F3N7O5/c1-32(2,3)48-31(45)41(6)28(38)24-11-15-26(16-12-24)47-22-8-18-43-20-19-42(30(43)39-29(44)33(34,35)36)17-7-21-46-25-13-9-23(10-14-25)27(37)40(4)5/h9-16,19-20,37-38H,7-8,17-18,21-22H2,1-6H3. The van der Waals surface area contributed by atoms with Gasteiger partial charge in [0.1, 0.15) is 28.8 Å². The molecule has 2 N–H and O–H groups in total. The summed E-state index contributed by atoms with van der Waals surface area (Å²) in [6.07, 6.45) is -1.83. The number of rotatable bonds is 12. The Morgan fingerprint density at radius 3 is 1.60 bits per heavy atom. The van der Waals surface area contributed by atoms with Gasteiger partial charge in [-0.1, -0.05) is 0 Å². The molecule has 0 bridgehead atoms. The van der Waals surface area contributed by atoms with Gasteiger partial charge in [-0.15, -0.1) is 0 Å². The molecule has 2 aromatic carbocycles. The van der Waals surface area contributed by atoms with Gasteiger partial charge in [0.05, 0.1) is 13.2 Å². The van der Waals surface area contributed by atoms with Gasteiger partial charge in [0.25, 0.3) is 0 Å². The largest absolute Gasteiger partial charge is 0.494 e. The first kappa shape index (κ1) is 37.4. The predicted octanol–water partition coefficient (Wildman–Crippen LogP) is 5.30. The van der Waals surface area contributed by atoms with Crippen LogP contribution in [0.25, 0.3) is 0 Å². The van der Waals surface area contributed by atoms with Crippen molar-refractivity contribution in [2.75, 3.05) is 34.4 Å². The quantitative estimate of drug-likeness (QED) is 0.152. The van der Waals surface area contributed by atoms with E-state index in [9.17, 15) is 22.8 Å². The normalized spacial score (nSPS) is 12.0. The first-order chi connectivity index (χ1) is 22.5. The van der Waals surface area contributed by atoms with Gasteiger partial charge in [0.2, 0.25) is 5.62 Å². The number of carbonyl (C=O) groups is 2. The van der Waals surface area contributed by atoms with Gasteiger partial charge in [-0.25, -0.2) is 4.79 Å². The third kappa shape index (κ3) is 11.0. The van der Waals surface area contributed by atoms with Crippen LogP contribution in [-0.4, -0.2) is 88.7 Å². The van der Waals surface area contributed by atoms with Crippen LogP contribution in [0.1, 0.15) is 44.7 Å². The number of hydrogen-bond acceptors (Lipinski definition) is 7. The molecule has 1 heterocycles. The first-order valence-electron chi connectivity index (χ1n) is 15.2. The number of aryl methyl sites for hydroxylation is 2. The molecule has 15 heteroatoms. The highest BCUT2D eigenvalue weighted by molar-refractivity contribution is 6.04. The monoisotopic (exact) mass is 673 g/mol. The number of imidazole rings is 1. The summed E-state index contributed by atoms with van der Waals surface area (Å²) in [6.45, 7) is 6.16. The lowest BCUT2D eigenvalue weighted by molar-refractivity contribution is -0.169. The minimum atomic E-state index is -5.11. The van der Waals surface area contributed by atoms with Crippen molar-refractivity contribution in [2.24, 2.45) is 4.99 Å². The van der Waals surface area contributed by atoms with E-state index >= 15 is 0 Å². The number of amides is 2. The topological polar surface area (TPSA) is 138 Å². The molecular weight excluding hydrogens is 631 g/mol. The van der Waals surface area contributed by atoms with Crippen molar-refractivity contribution in [3.05, 3.63) is 77.7 Å². The Morgan fingerprint density at radius 2 is 1.21 bits per heavy atom. The Labute approximate surface area is 277 Å². The molecule has 0 saturated heterocycles. The highest BCUT2D eigenvalue weighted by Crippen LogP contribution is 2.18. The van der Waals surface area contributed by atoms with Crippen LogP contribution in [0.4, 0.5) is 18.0 Å². The number of aromatic nitrogens is 2. The summed E-state index contributed by atoms with van der Waals surface area (Å²) < 4.78 is 59.0. The van der Waals surface area contributed by atoms with Crippen molar-refractivity contribution >= 4 is 23.7 Å². The molecule has 0 spiro atoms. The van der Waals surface area contributed by atoms with E-state index in [0.29, 0.717) is 35.7 Å². The van der Waals surface area contributed by atoms with Crippen molar-refractivity contribution < 1.29 is 37.0 Å². The van der Waals surface area contributed by atoms with E-state index in [0.717, 1.165) is 10.5 Å². The number of carbonyl (C=O) groups excluding carboxylic acids is 2. The maximum absolute atomic E-state index is 13.1. The fourth-order valence-electron chi connectivity index (χ4n) is 4.23. The van der Waals surface area contributed by atoms with Gasteiger partial charge in [0, 0.05) is 57.8 Å². The van der Waals surface area contributed by atoms with Crippen LogP contribution in [0.5, 0.6) is 11.5 Å². The Hall–Kier alpha value is -5.08. The van der Waals surface area contributed by atoms with Crippen LogP contribution in [0.2, 0.25) is 0 Å². The van der Waals surface area contributed by atoms with E-state index in [1.807, 2.05) is 0 Å². The number of benzene rings is 2. The van der Waals surface area contributed by atoms with E-state index in [1.165, 1.54) is 16.2 Å². The van der Waals surface area contributed by atoms with E-state index in [2.05, 4.69) is 4.99 Å². The molecule has 3 aromatic rings. The van der Waals surface area contributed by atoms with Crippen LogP contribution in [0, 0.1) is 10.8 Å². The molecule has 0 aliphatic rings. The average Bonchev–Trinajstić information content (AvgIpc) is 3.40. The first-order valence-corrected chi connectivity index (χ1v) is 15.2. The molecule has 0 radical (unpaired) electrons.